The molecule has 1 saturated heterocycles. The van der Waals surface area contributed by atoms with Crippen molar-refractivity contribution in [2.45, 2.75) is 75.9 Å². The number of sulfone groups is 1. The molecule has 2 fully saturated rings. The number of rotatable bonds is 2. The van der Waals surface area contributed by atoms with Crippen LogP contribution in [0.15, 0.2) is 0 Å². The molecule has 2 bridgehead atoms. The molecule has 1 aliphatic heterocycles. The molecule has 1 saturated carbocycles. The summed E-state index contributed by atoms with van der Waals surface area (Å²) in [7, 11) is -3.29. The van der Waals surface area contributed by atoms with Crippen LogP contribution in [-0.2, 0) is 19.6 Å². The first-order chi connectivity index (χ1) is 8.87. The first-order valence-corrected chi connectivity index (χ1v) is 8.82. The van der Waals surface area contributed by atoms with E-state index in [1.807, 2.05) is 0 Å². The molecule has 6 heteroatoms. The van der Waals surface area contributed by atoms with Crippen LogP contribution in [0.5, 0.6) is 0 Å². The van der Waals surface area contributed by atoms with Gasteiger partial charge in [0, 0.05) is 0 Å². The molecule has 5 nitrogen and oxygen atoms in total. The number of hydrogen-bond donors (Lipinski definition) is 1. The van der Waals surface area contributed by atoms with Gasteiger partial charge in [-0.25, -0.2) is 18.2 Å². The Labute approximate surface area is 121 Å². The van der Waals surface area contributed by atoms with Gasteiger partial charge in [-0.3, -0.25) is 0 Å². The van der Waals surface area contributed by atoms with E-state index in [0.29, 0.717) is 12.8 Å². The fraction of sp³-hybridized carbons (Fsp3) is 1.00. The van der Waals surface area contributed by atoms with E-state index in [-0.39, 0.29) is 17.8 Å². The first-order valence-electron chi connectivity index (χ1n) is 7.17. The summed E-state index contributed by atoms with van der Waals surface area (Å²) in [5.41, 5.74) is -1.72. The second-order valence-electron chi connectivity index (χ2n) is 7.68. The smallest absolute Gasteiger partial charge is 0.158 e. The first kappa shape index (κ1) is 16.2. The van der Waals surface area contributed by atoms with Gasteiger partial charge in [-0.15, -0.1) is 0 Å². The third kappa shape index (κ3) is 2.75. The molecule has 0 radical (unpaired) electrons. The Hall–Kier alpha value is -0.170. The van der Waals surface area contributed by atoms with E-state index in [9.17, 15) is 13.5 Å². The minimum Gasteiger partial charge on any atom is -0.387 e. The lowest BCUT2D eigenvalue weighted by molar-refractivity contribution is -0.441. The maximum atomic E-state index is 12.4. The molecule has 0 aromatic heterocycles. The van der Waals surface area contributed by atoms with Crippen LogP contribution in [0.4, 0.5) is 0 Å². The van der Waals surface area contributed by atoms with E-state index in [1.165, 1.54) is 0 Å². The topological polar surface area (TPSA) is 72.8 Å². The zero-order valence-corrected chi connectivity index (χ0v) is 13.8. The Balaban J connectivity index is 2.18. The summed E-state index contributed by atoms with van der Waals surface area (Å²) in [5.74, 6) is 0.0434. The predicted molar refractivity (Wildman–Crippen MR) is 75.9 cm³/mol. The molecule has 1 heterocycles. The summed E-state index contributed by atoms with van der Waals surface area (Å²) in [6.45, 7) is 8.64. The second kappa shape index (κ2) is 4.66. The maximum absolute atomic E-state index is 12.4. The molecule has 0 aromatic carbocycles. The van der Waals surface area contributed by atoms with E-state index in [1.54, 1.807) is 34.6 Å². The molecule has 2 aliphatic rings. The minimum absolute atomic E-state index is 0.0526. The van der Waals surface area contributed by atoms with Crippen LogP contribution in [0.1, 0.15) is 53.9 Å². The van der Waals surface area contributed by atoms with Crippen molar-refractivity contribution in [1.29, 1.82) is 0 Å². The molecule has 0 spiro atoms. The fourth-order valence-electron chi connectivity index (χ4n) is 2.93. The van der Waals surface area contributed by atoms with Gasteiger partial charge >= 0.3 is 0 Å². The molecule has 0 aromatic rings. The van der Waals surface area contributed by atoms with Crippen molar-refractivity contribution in [3.05, 3.63) is 0 Å². The van der Waals surface area contributed by atoms with E-state index in [2.05, 4.69) is 0 Å². The van der Waals surface area contributed by atoms with Crippen molar-refractivity contribution in [2.75, 3.05) is 5.75 Å². The summed E-state index contributed by atoms with van der Waals surface area (Å²) in [6, 6.07) is 0. The lowest BCUT2D eigenvalue weighted by Gasteiger charge is -2.50. The summed E-state index contributed by atoms with van der Waals surface area (Å²) >= 11 is 0. The van der Waals surface area contributed by atoms with Gasteiger partial charge in [0.05, 0.1) is 16.1 Å². The van der Waals surface area contributed by atoms with Crippen molar-refractivity contribution in [1.82, 2.24) is 0 Å². The lowest BCUT2D eigenvalue weighted by Crippen LogP contribution is -2.59. The highest BCUT2D eigenvalue weighted by atomic mass is 32.2. The van der Waals surface area contributed by atoms with Crippen molar-refractivity contribution in [2.24, 2.45) is 5.92 Å². The van der Waals surface area contributed by atoms with E-state index >= 15 is 0 Å². The van der Waals surface area contributed by atoms with Gasteiger partial charge in [-0.1, -0.05) is 0 Å². The molecule has 20 heavy (non-hydrogen) atoms. The third-order valence-corrected chi connectivity index (χ3v) is 7.64. The predicted octanol–water partition coefficient (Wildman–Crippen LogP) is 1.84. The van der Waals surface area contributed by atoms with Crippen LogP contribution >= 0.6 is 0 Å². The van der Waals surface area contributed by atoms with Crippen molar-refractivity contribution in [3.63, 3.8) is 0 Å². The van der Waals surface area contributed by atoms with Crippen molar-refractivity contribution in [3.8, 4) is 0 Å². The van der Waals surface area contributed by atoms with Gasteiger partial charge < -0.3 is 5.11 Å². The normalized spacial score (nSPS) is 42.5. The molecule has 4 atom stereocenters. The number of hydrogen-bond acceptors (Lipinski definition) is 5. The van der Waals surface area contributed by atoms with Gasteiger partial charge in [-0.05, 0) is 59.8 Å². The number of fused-ring (bicyclic) bond motifs is 2. The Morgan fingerprint density at radius 1 is 1.30 bits per heavy atom. The molecular weight excluding hydrogens is 280 g/mol. The summed E-state index contributed by atoms with van der Waals surface area (Å²) < 4.78 is 24.0. The van der Waals surface area contributed by atoms with E-state index in [4.69, 9.17) is 9.78 Å². The molecular formula is C14H26O5S. The van der Waals surface area contributed by atoms with Crippen LogP contribution in [0, 0.1) is 5.92 Å². The number of aliphatic hydroxyl groups is 1. The van der Waals surface area contributed by atoms with Crippen LogP contribution < -0.4 is 0 Å². The van der Waals surface area contributed by atoms with E-state index < -0.39 is 25.8 Å². The van der Waals surface area contributed by atoms with Gasteiger partial charge in [-0.2, -0.15) is 0 Å². The van der Waals surface area contributed by atoms with E-state index in [0.717, 1.165) is 6.42 Å². The van der Waals surface area contributed by atoms with Gasteiger partial charge in [0.15, 0.2) is 9.84 Å². The summed E-state index contributed by atoms with van der Waals surface area (Å²) in [6.07, 6.45) is 1.63. The molecule has 0 amide bonds. The van der Waals surface area contributed by atoms with Gasteiger partial charge in [0.1, 0.15) is 11.7 Å². The molecule has 1 aliphatic carbocycles. The largest absolute Gasteiger partial charge is 0.387 e. The van der Waals surface area contributed by atoms with Crippen molar-refractivity contribution < 1.29 is 23.3 Å². The Bertz CT molecular complexity index is 476. The fourth-order valence-corrected chi connectivity index (χ4v) is 4.40. The monoisotopic (exact) mass is 306 g/mol. The summed E-state index contributed by atoms with van der Waals surface area (Å²) in [4.78, 5) is 10.8. The molecule has 118 valence electrons. The van der Waals surface area contributed by atoms with Crippen LogP contribution in [0.2, 0.25) is 0 Å². The Morgan fingerprint density at radius 3 is 2.45 bits per heavy atom. The molecule has 0 unspecified atom stereocenters. The van der Waals surface area contributed by atoms with Crippen molar-refractivity contribution >= 4 is 9.84 Å². The lowest BCUT2D eigenvalue weighted by atomic mass is 9.71. The molecule has 1 N–H and O–H groups in total. The summed E-state index contributed by atoms with van der Waals surface area (Å²) in [5, 5.41) is 10.2. The highest BCUT2D eigenvalue weighted by molar-refractivity contribution is 7.92. The van der Waals surface area contributed by atoms with Gasteiger partial charge in [0.2, 0.25) is 0 Å². The average molecular weight is 306 g/mol. The highest BCUT2D eigenvalue weighted by Crippen LogP contribution is 2.46. The van der Waals surface area contributed by atoms with Crippen LogP contribution in [0.25, 0.3) is 0 Å². The SMILES string of the molecule is CC(C)(C)S(=O)(=O)C[C@@]1(C)OO[C@@H]2C[C@H]1CC[C@@]2(C)O. The van der Waals surface area contributed by atoms with Gasteiger partial charge in [0.25, 0.3) is 0 Å². The zero-order chi connectivity index (χ0) is 15.4. The Kier molecular flexibility index (Phi) is 3.78. The maximum Gasteiger partial charge on any atom is 0.158 e. The minimum atomic E-state index is -3.29. The highest BCUT2D eigenvalue weighted by Gasteiger charge is 2.54. The zero-order valence-electron chi connectivity index (χ0n) is 13.0. The Morgan fingerprint density at radius 2 is 1.90 bits per heavy atom. The standard InChI is InChI=1S/C14H26O5S/c1-12(2,3)20(16,17)9-14(5)10-6-7-13(4,15)11(8-10)18-19-14/h10-11,15H,6-9H2,1-5H3/t10-,11-,13-,14-/m1/s1. The average Bonchev–Trinajstić information content (AvgIpc) is 2.24. The van der Waals surface area contributed by atoms with Crippen LogP contribution in [0.3, 0.4) is 0 Å². The second-order valence-corrected chi connectivity index (χ2v) is 10.4. The quantitative estimate of drug-likeness (QED) is 0.788. The van der Waals surface area contributed by atoms with Crippen LogP contribution in [-0.4, -0.2) is 41.3 Å². The molecule has 2 rings (SSSR count). The third-order valence-electron chi connectivity index (χ3n) is 4.82.